The first kappa shape index (κ1) is 16.6. The normalized spacial score (nSPS) is 18.4. The molecule has 7 heteroatoms. The second-order valence-electron chi connectivity index (χ2n) is 6.16. The Morgan fingerprint density at radius 1 is 1.42 bits per heavy atom. The van der Waals surface area contributed by atoms with E-state index in [1.165, 1.54) is 0 Å². The summed E-state index contributed by atoms with van der Waals surface area (Å²) in [4.78, 5) is 22.7. The van der Waals surface area contributed by atoms with Gasteiger partial charge < -0.3 is 9.64 Å². The number of carbonyl (C=O) groups is 1. The molecule has 1 unspecified atom stereocenters. The van der Waals surface area contributed by atoms with Crippen LogP contribution < -0.4 is 0 Å². The zero-order valence-electron chi connectivity index (χ0n) is 14.0. The number of hydrogen-bond donors (Lipinski definition) is 0. The summed E-state index contributed by atoms with van der Waals surface area (Å²) in [5.74, 6) is 0.416. The van der Waals surface area contributed by atoms with E-state index in [-0.39, 0.29) is 11.8 Å². The Morgan fingerprint density at radius 3 is 3.08 bits per heavy atom. The van der Waals surface area contributed by atoms with E-state index >= 15 is 0 Å². The van der Waals surface area contributed by atoms with E-state index in [4.69, 9.17) is 4.74 Å². The van der Waals surface area contributed by atoms with Crippen LogP contribution in [0.3, 0.4) is 0 Å². The maximum absolute atomic E-state index is 12.5. The van der Waals surface area contributed by atoms with Gasteiger partial charge in [-0.05, 0) is 25.5 Å². The number of carbonyl (C=O) groups excluding carboxylic acids is 1. The van der Waals surface area contributed by atoms with Crippen molar-refractivity contribution in [3.8, 4) is 0 Å². The van der Waals surface area contributed by atoms with E-state index in [9.17, 15) is 4.79 Å². The molecule has 0 radical (unpaired) electrons. The molecule has 24 heavy (non-hydrogen) atoms. The van der Waals surface area contributed by atoms with Crippen molar-refractivity contribution in [2.45, 2.75) is 26.3 Å². The molecule has 1 atom stereocenters. The van der Waals surface area contributed by atoms with Crippen LogP contribution in [-0.4, -0.2) is 56.9 Å². The van der Waals surface area contributed by atoms with Gasteiger partial charge in [0.05, 0.1) is 18.9 Å². The van der Waals surface area contributed by atoms with Gasteiger partial charge in [-0.3, -0.25) is 9.48 Å². The van der Waals surface area contributed by atoms with Gasteiger partial charge in [0, 0.05) is 50.1 Å². The number of ether oxygens (including phenoxy) is 1. The summed E-state index contributed by atoms with van der Waals surface area (Å²) in [5.41, 5.74) is 1.95. The summed E-state index contributed by atoms with van der Waals surface area (Å²) in [5, 5.41) is 4.32. The summed E-state index contributed by atoms with van der Waals surface area (Å²) >= 11 is 0. The predicted octanol–water partition coefficient (Wildman–Crippen LogP) is 1.09. The fourth-order valence-electron chi connectivity index (χ4n) is 2.92. The molecule has 0 bridgehead atoms. The zero-order valence-corrected chi connectivity index (χ0v) is 14.0. The van der Waals surface area contributed by atoms with E-state index in [1.807, 2.05) is 34.8 Å². The van der Waals surface area contributed by atoms with Gasteiger partial charge >= 0.3 is 0 Å². The molecule has 3 rings (SSSR count). The first-order valence-electron chi connectivity index (χ1n) is 8.31. The van der Waals surface area contributed by atoms with Gasteiger partial charge in [0.2, 0.25) is 5.91 Å². The van der Waals surface area contributed by atoms with Crippen molar-refractivity contribution in [3.05, 3.63) is 42.2 Å². The summed E-state index contributed by atoms with van der Waals surface area (Å²) < 4.78 is 7.49. The monoisotopic (exact) mass is 329 g/mol. The fourth-order valence-corrected chi connectivity index (χ4v) is 2.92. The second-order valence-corrected chi connectivity index (χ2v) is 6.16. The van der Waals surface area contributed by atoms with Crippen LogP contribution in [0.15, 0.2) is 30.9 Å². The largest absolute Gasteiger partial charge is 0.379 e. The highest BCUT2D eigenvalue weighted by Gasteiger charge is 2.23. The predicted molar refractivity (Wildman–Crippen MR) is 88.2 cm³/mol. The summed E-state index contributed by atoms with van der Waals surface area (Å²) in [6, 6.07) is 3.86. The van der Waals surface area contributed by atoms with Crippen molar-refractivity contribution in [2.24, 2.45) is 5.92 Å². The van der Waals surface area contributed by atoms with E-state index < -0.39 is 0 Å². The standard InChI is InChI=1S/C17H23N5O2/c1-14-3-6-22(20-14)7-4-17(23)21-8-9-24-12-15(11-21)10-16-2-5-18-13-19-16/h2-3,5-6,13,15H,4,7-12H2,1H3. The Morgan fingerprint density at radius 2 is 2.33 bits per heavy atom. The summed E-state index contributed by atoms with van der Waals surface area (Å²) in [6.07, 6.45) is 6.47. The number of hydrogen-bond acceptors (Lipinski definition) is 5. The minimum absolute atomic E-state index is 0.154. The van der Waals surface area contributed by atoms with Crippen LogP contribution >= 0.6 is 0 Å². The average Bonchev–Trinajstić information content (AvgIpc) is 2.87. The third-order valence-corrected chi connectivity index (χ3v) is 4.16. The van der Waals surface area contributed by atoms with Gasteiger partial charge in [0.25, 0.3) is 0 Å². The second kappa shape index (κ2) is 8.01. The Labute approximate surface area is 141 Å². The Balaban J connectivity index is 1.54. The summed E-state index contributed by atoms with van der Waals surface area (Å²) in [6.45, 7) is 5.17. The highest BCUT2D eigenvalue weighted by Crippen LogP contribution is 2.13. The van der Waals surface area contributed by atoms with Crippen molar-refractivity contribution in [1.29, 1.82) is 0 Å². The molecule has 1 aliphatic rings. The van der Waals surface area contributed by atoms with Crippen LogP contribution in [0.2, 0.25) is 0 Å². The number of rotatable bonds is 5. The Hall–Kier alpha value is -2.28. The average molecular weight is 329 g/mol. The van der Waals surface area contributed by atoms with Crippen LogP contribution in [0, 0.1) is 12.8 Å². The number of aryl methyl sites for hydroxylation is 2. The number of nitrogens with zero attached hydrogens (tertiary/aromatic N) is 5. The Bertz CT molecular complexity index is 658. The van der Waals surface area contributed by atoms with Crippen LogP contribution in [-0.2, 0) is 22.5 Å². The molecule has 7 nitrogen and oxygen atoms in total. The molecule has 1 amide bonds. The lowest BCUT2D eigenvalue weighted by Crippen LogP contribution is -2.37. The van der Waals surface area contributed by atoms with E-state index in [0.717, 1.165) is 17.8 Å². The van der Waals surface area contributed by atoms with Crippen molar-refractivity contribution in [2.75, 3.05) is 26.3 Å². The van der Waals surface area contributed by atoms with Crippen molar-refractivity contribution >= 4 is 5.91 Å². The molecule has 0 aliphatic carbocycles. The molecule has 1 aliphatic heterocycles. The van der Waals surface area contributed by atoms with Gasteiger partial charge in [-0.15, -0.1) is 0 Å². The number of amides is 1. The quantitative estimate of drug-likeness (QED) is 0.821. The molecule has 2 aromatic heterocycles. The van der Waals surface area contributed by atoms with Crippen LogP contribution in [0.5, 0.6) is 0 Å². The molecule has 0 saturated carbocycles. The van der Waals surface area contributed by atoms with Crippen molar-refractivity contribution < 1.29 is 9.53 Å². The lowest BCUT2D eigenvalue weighted by molar-refractivity contribution is -0.131. The molecule has 1 saturated heterocycles. The Kier molecular flexibility index (Phi) is 5.53. The molecule has 2 aromatic rings. The molecule has 0 aromatic carbocycles. The third-order valence-electron chi connectivity index (χ3n) is 4.16. The maximum atomic E-state index is 12.5. The van der Waals surface area contributed by atoms with E-state index in [2.05, 4.69) is 15.1 Å². The topological polar surface area (TPSA) is 73.1 Å². The highest BCUT2D eigenvalue weighted by atomic mass is 16.5. The molecule has 128 valence electrons. The van der Waals surface area contributed by atoms with Gasteiger partial charge in [-0.25, -0.2) is 9.97 Å². The van der Waals surface area contributed by atoms with Crippen molar-refractivity contribution in [3.63, 3.8) is 0 Å². The summed E-state index contributed by atoms with van der Waals surface area (Å²) in [7, 11) is 0. The number of aromatic nitrogens is 4. The smallest absolute Gasteiger partial charge is 0.224 e. The molecular formula is C17H23N5O2. The van der Waals surface area contributed by atoms with E-state index in [1.54, 1.807) is 12.5 Å². The first-order valence-corrected chi connectivity index (χ1v) is 8.31. The first-order chi connectivity index (χ1) is 11.7. The van der Waals surface area contributed by atoms with E-state index in [0.29, 0.717) is 39.3 Å². The molecule has 0 N–H and O–H groups in total. The van der Waals surface area contributed by atoms with Gasteiger partial charge in [-0.1, -0.05) is 0 Å². The molecule has 3 heterocycles. The maximum Gasteiger partial charge on any atom is 0.224 e. The third kappa shape index (κ3) is 4.61. The lowest BCUT2D eigenvalue weighted by Gasteiger charge is -2.23. The lowest BCUT2D eigenvalue weighted by atomic mass is 10.0. The minimum Gasteiger partial charge on any atom is -0.379 e. The SMILES string of the molecule is Cc1ccn(CCC(=O)N2CCOCC(Cc3ccncn3)C2)n1. The van der Waals surface area contributed by atoms with Crippen molar-refractivity contribution in [1.82, 2.24) is 24.6 Å². The molecule has 1 fully saturated rings. The van der Waals surface area contributed by atoms with Crippen LogP contribution in [0.4, 0.5) is 0 Å². The fraction of sp³-hybridized carbons (Fsp3) is 0.529. The highest BCUT2D eigenvalue weighted by molar-refractivity contribution is 5.76. The van der Waals surface area contributed by atoms with Crippen LogP contribution in [0.25, 0.3) is 0 Å². The van der Waals surface area contributed by atoms with Gasteiger partial charge in [-0.2, -0.15) is 5.10 Å². The molecule has 0 spiro atoms. The van der Waals surface area contributed by atoms with Gasteiger partial charge in [0.15, 0.2) is 0 Å². The zero-order chi connectivity index (χ0) is 16.8. The van der Waals surface area contributed by atoms with Crippen LogP contribution in [0.1, 0.15) is 17.8 Å². The minimum atomic E-state index is 0.154. The van der Waals surface area contributed by atoms with Gasteiger partial charge in [0.1, 0.15) is 6.33 Å². The molecular weight excluding hydrogens is 306 g/mol.